The molecule has 0 aliphatic carbocycles. The molecule has 0 fully saturated rings. The van der Waals surface area contributed by atoms with E-state index >= 15 is 0 Å². The molecule has 0 atom stereocenters. The molecule has 7 nitrogen and oxygen atoms in total. The summed E-state index contributed by atoms with van der Waals surface area (Å²) in [7, 11) is 0. The van der Waals surface area contributed by atoms with Crippen molar-refractivity contribution in [2.24, 2.45) is 0 Å². The molecule has 1 aliphatic heterocycles. The van der Waals surface area contributed by atoms with Crippen LogP contribution in [0.3, 0.4) is 0 Å². The van der Waals surface area contributed by atoms with Crippen molar-refractivity contribution >= 4 is 11.8 Å². The van der Waals surface area contributed by atoms with Crippen molar-refractivity contribution in [1.29, 1.82) is 0 Å². The van der Waals surface area contributed by atoms with Gasteiger partial charge in [0.25, 0.3) is 0 Å². The molecule has 0 radical (unpaired) electrons. The lowest BCUT2D eigenvalue weighted by atomic mass is 10.2. The third-order valence-corrected chi connectivity index (χ3v) is 3.96. The zero-order valence-electron chi connectivity index (χ0n) is 14.4. The van der Waals surface area contributed by atoms with Gasteiger partial charge in [0.1, 0.15) is 5.82 Å². The average Bonchev–Trinajstić information content (AvgIpc) is 3.13. The molecular formula is C19H19N5O2. The number of fused-ring (bicyclic) bond motifs is 1. The molecule has 1 aromatic carbocycles. The molecule has 3 aromatic rings. The Labute approximate surface area is 151 Å². The van der Waals surface area contributed by atoms with E-state index in [2.05, 4.69) is 25.6 Å². The fraction of sp³-hybridized carbons (Fsp3) is 0.211. The predicted octanol–water partition coefficient (Wildman–Crippen LogP) is 3.13. The molecule has 1 aliphatic rings. The fourth-order valence-electron chi connectivity index (χ4n) is 2.66. The molecule has 0 bridgehead atoms. The first-order chi connectivity index (χ1) is 12.8. The van der Waals surface area contributed by atoms with Crippen LogP contribution in [-0.4, -0.2) is 21.7 Å². The summed E-state index contributed by atoms with van der Waals surface area (Å²) in [5.74, 6) is 2.93. The zero-order valence-corrected chi connectivity index (χ0v) is 14.4. The highest BCUT2D eigenvalue weighted by atomic mass is 16.7. The summed E-state index contributed by atoms with van der Waals surface area (Å²) >= 11 is 0. The van der Waals surface area contributed by atoms with Crippen molar-refractivity contribution in [3.63, 3.8) is 0 Å². The first-order valence-electron chi connectivity index (χ1n) is 8.37. The maximum atomic E-state index is 5.41. The van der Waals surface area contributed by atoms with Crippen molar-refractivity contribution in [1.82, 2.24) is 15.0 Å². The number of pyridine rings is 1. The van der Waals surface area contributed by atoms with E-state index in [9.17, 15) is 0 Å². The second-order valence-corrected chi connectivity index (χ2v) is 5.97. The molecule has 7 heteroatoms. The number of aromatic nitrogens is 3. The lowest BCUT2D eigenvalue weighted by molar-refractivity contribution is 0.174. The first kappa shape index (κ1) is 16.1. The first-order valence-corrected chi connectivity index (χ1v) is 8.37. The minimum Gasteiger partial charge on any atom is -0.454 e. The van der Waals surface area contributed by atoms with Gasteiger partial charge in [-0.25, -0.2) is 4.98 Å². The van der Waals surface area contributed by atoms with E-state index < -0.39 is 0 Å². The second-order valence-electron chi connectivity index (χ2n) is 5.97. The monoisotopic (exact) mass is 349 g/mol. The third-order valence-electron chi connectivity index (χ3n) is 3.96. The molecule has 0 spiro atoms. The van der Waals surface area contributed by atoms with E-state index in [1.807, 2.05) is 43.3 Å². The van der Waals surface area contributed by atoms with E-state index in [0.717, 1.165) is 34.1 Å². The molecule has 26 heavy (non-hydrogen) atoms. The van der Waals surface area contributed by atoms with Crippen LogP contribution in [0, 0.1) is 6.92 Å². The number of benzene rings is 1. The topological polar surface area (TPSA) is 81.2 Å². The molecule has 2 N–H and O–H groups in total. The summed E-state index contributed by atoms with van der Waals surface area (Å²) in [5, 5.41) is 6.58. The highest BCUT2D eigenvalue weighted by Gasteiger charge is 2.13. The van der Waals surface area contributed by atoms with Crippen LogP contribution in [-0.2, 0) is 13.1 Å². The number of ether oxygens (including phenoxy) is 2. The fourth-order valence-corrected chi connectivity index (χ4v) is 2.66. The quantitative estimate of drug-likeness (QED) is 0.707. The molecule has 2 aromatic heterocycles. The van der Waals surface area contributed by atoms with E-state index in [0.29, 0.717) is 19.0 Å². The minimum atomic E-state index is 0.282. The van der Waals surface area contributed by atoms with Crippen molar-refractivity contribution in [2.45, 2.75) is 20.0 Å². The third kappa shape index (κ3) is 3.83. The normalized spacial score (nSPS) is 12.0. The van der Waals surface area contributed by atoms with Crippen LogP contribution in [0.4, 0.5) is 11.8 Å². The number of hydrogen-bond donors (Lipinski definition) is 2. The minimum absolute atomic E-state index is 0.282. The molecule has 3 heterocycles. The van der Waals surface area contributed by atoms with Crippen molar-refractivity contribution in [2.75, 3.05) is 17.4 Å². The summed E-state index contributed by atoms with van der Waals surface area (Å²) in [6, 6.07) is 11.8. The van der Waals surface area contributed by atoms with Crippen LogP contribution in [0.15, 0.2) is 48.8 Å². The maximum Gasteiger partial charge on any atom is 0.231 e. The Morgan fingerprint density at radius 2 is 1.69 bits per heavy atom. The number of rotatable bonds is 6. The number of nitrogens with one attached hydrogen (secondary N) is 2. The average molecular weight is 349 g/mol. The molecule has 4 rings (SSSR count). The highest BCUT2D eigenvalue weighted by molar-refractivity contribution is 5.47. The van der Waals surface area contributed by atoms with Gasteiger partial charge in [-0.2, -0.15) is 4.98 Å². The van der Waals surface area contributed by atoms with Gasteiger partial charge in [0, 0.05) is 37.2 Å². The molecule has 0 saturated carbocycles. The van der Waals surface area contributed by atoms with Gasteiger partial charge in [0.15, 0.2) is 11.5 Å². The summed E-state index contributed by atoms with van der Waals surface area (Å²) in [6.07, 6.45) is 3.54. The van der Waals surface area contributed by atoms with Crippen molar-refractivity contribution < 1.29 is 9.47 Å². The Hall–Kier alpha value is -3.35. The van der Waals surface area contributed by atoms with Gasteiger partial charge in [-0.1, -0.05) is 6.07 Å². The number of aryl methyl sites for hydroxylation is 1. The maximum absolute atomic E-state index is 5.41. The van der Waals surface area contributed by atoms with Crippen LogP contribution in [0.2, 0.25) is 0 Å². The van der Waals surface area contributed by atoms with Gasteiger partial charge in [-0.05, 0) is 42.3 Å². The van der Waals surface area contributed by atoms with E-state index in [1.165, 1.54) is 0 Å². The Morgan fingerprint density at radius 1 is 0.885 bits per heavy atom. The molecule has 132 valence electrons. The van der Waals surface area contributed by atoms with E-state index in [1.54, 1.807) is 12.4 Å². The van der Waals surface area contributed by atoms with Crippen molar-refractivity contribution in [3.05, 3.63) is 65.6 Å². The van der Waals surface area contributed by atoms with Gasteiger partial charge >= 0.3 is 0 Å². The molecule has 0 unspecified atom stereocenters. The van der Waals surface area contributed by atoms with Gasteiger partial charge < -0.3 is 20.1 Å². The van der Waals surface area contributed by atoms with E-state index in [-0.39, 0.29) is 6.79 Å². The summed E-state index contributed by atoms with van der Waals surface area (Å²) in [5.41, 5.74) is 3.11. The predicted molar refractivity (Wildman–Crippen MR) is 98.2 cm³/mol. The second kappa shape index (κ2) is 7.26. The van der Waals surface area contributed by atoms with Crippen LogP contribution >= 0.6 is 0 Å². The Morgan fingerprint density at radius 3 is 2.58 bits per heavy atom. The zero-order chi connectivity index (χ0) is 17.8. The summed E-state index contributed by atoms with van der Waals surface area (Å²) in [4.78, 5) is 13.0. The lowest BCUT2D eigenvalue weighted by Gasteiger charge is -2.10. The standard InChI is InChI=1S/C19H19N5O2/c1-13-8-18(21-11-15-2-3-16-17(9-15)26-12-25-16)24-19(23-13)22-10-14-4-6-20-7-5-14/h2-9H,10-12H2,1H3,(H2,21,22,23,24). The summed E-state index contributed by atoms with van der Waals surface area (Å²) in [6.45, 7) is 3.51. The lowest BCUT2D eigenvalue weighted by Crippen LogP contribution is -2.08. The van der Waals surface area contributed by atoms with Crippen LogP contribution in [0.5, 0.6) is 11.5 Å². The summed E-state index contributed by atoms with van der Waals surface area (Å²) < 4.78 is 10.7. The van der Waals surface area contributed by atoms with Crippen LogP contribution in [0.25, 0.3) is 0 Å². The number of anilines is 2. The highest BCUT2D eigenvalue weighted by Crippen LogP contribution is 2.32. The van der Waals surface area contributed by atoms with Crippen LogP contribution in [0.1, 0.15) is 16.8 Å². The van der Waals surface area contributed by atoms with Gasteiger partial charge in [-0.3, -0.25) is 4.98 Å². The Bertz CT molecular complexity index is 902. The van der Waals surface area contributed by atoms with Gasteiger partial charge in [0.05, 0.1) is 0 Å². The molecule has 0 saturated heterocycles. The number of nitrogens with zero attached hydrogens (tertiary/aromatic N) is 3. The smallest absolute Gasteiger partial charge is 0.231 e. The largest absolute Gasteiger partial charge is 0.454 e. The Balaban J connectivity index is 1.41. The van der Waals surface area contributed by atoms with Crippen molar-refractivity contribution in [3.8, 4) is 11.5 Å². The Kier molecular flexibility index (Phi) is 4.51. The molecule has 0 amide bonds. The SMILES string of the molecule is Cc1cc(NCc2ccc3c(c2)OCO3)nc(NCc2ccncc2)n1. The van der Waals surface area contributed by atoms with E-state index in [4.69, 9.17) is 9.47 Å². The number of hydrogen-bond acceptors (Lipinski definition) is 7. The van der Waals surface area contributed by atoms with Gasteiger partial charge in [0.2, 0.25) is 12.7 Å². The molecular weight excluding hydrogens is 330 g/mol. The van der Waals surface area contributed by atoms with Crippen LogP contribution < -0.4 is 20.1 Å². The van der Waals surface area contributed by atoms with Gasteiger partial charge in [-0.15, -0.1) is 0 Å².